The Hall–Kier alpha value is -0.806. The molecule has 0 spiro atoms. The summed E-state index contributed by atoms with van der Waals surface area (Å²) in [6.45, 7) is 2.22. The molecule has 0 fully saturated rings. The predicted octanol–water partition coefficient (Wildman–Crippen LogP) is 5.07. The normalized spacial score (nSPS) is 9.61. The fraction of sp³-hybridized carbons (Fsp3) is 0.125. The summed E-state index contributed by atoms with van der Waals surface area (Å²) >= 11 is 0. The minimum atomic E-state index is 0. The van der Waals surface area contributed by atoms with Gasteiger partial charge in [0.25, 0.3) is 0 Å². The van der Waals surface area contributed by atoms with Crippen molar-refractivity contribution in [3.8, 4) is 10.9 Å². The summed E-state index contributed by atoms with van der Waals surface area (Å²) in [4.78, 5) is 0. The van der Waals surface area contributed by atoms with Gasteiger partial charge in [0.1, 0.15) is 0 Å². The molecule has 2 heteroatoms. The van der Waals surface area contributed by atoms with Gasteiger partial charge < -0.3 is 0 Å². The van der Waals surface area contributed by atoms with Crippen molar-refractivity contribution in [2.24, 2.45) is 0 Å². The third-order valence-electron chi connectivity index (χ3n) is 2.72. The maximum Gasteiger partial charge on any atom is 2.00 e. The van der Waals surface area contributed by atoms with Crippen molar-refractivity contribution in [1.82, 2.24) is 0 Å². The first kappa shape index (κ1) is 15.3. The zero-order chi connectivity index (χ0) is 11.9. The molecule has 3 rings (SSSR count). The minimum Gasteiger partial charge on any atom is -0.214 e. The van der Waals surface area contributed by atoms with Crippen molar-refractivity contribution >= 4 is 8.19 Å². The van der Waals surface area contributed by atoms with Gasteiger partial charge in [-0.3, -0.25) is 0 Å². The van der Waals surface area contributed by atoms with Gasteiger partial charge in [-0.25, -0.2) is 12.1 Å². The molecule has 0 aliphatic heterocycles. The van der Waals surface area contributed by atoms with Crippen LogP contribution in [0.3, 0.4) is 0 Å². The van der Waals surface area contributed by atoms with Crippen molar-refractivity contribution in [1.29, 1.82) is 0 Å². The first-order valence-electron chi connectivity index (χ1n) is 5.97. The van der Waals surface area contributed by atoms with Gasteiger partial charge in [-0.1, -0.05) is 19.1 Å². The van der Waals surface area contributed by atoms with Crippen LogP contribution in [-0.4, -0.2) is 0 Å². The fourth-order valence-electron chi connectivity index (χ4n) is 1.83. The summed E-state index contributed by atoms with van der Waals surface area (Å²) < 4.78 is 0. The monoisotopic (exact) mass is 288 g/mol. The van der Waals surface area contributed by atoms with Crippen molar-refractivity contribution < 1.29 is 21.7 Å². The van der Waals surface area contributed by atoms with E-state index in [-0.39, 0.29) is 21.7 Å². The molecule has 0 radical (unpaired) electrons. The minimum absolute atomic E-state index is 0. The zero-order valence-electron chi connectivity index (χ0n) is 10.6. The van der Waals surface area contributed by atoms with Gasteiger partial charge in [-0.15, -0.1) is 17.7 Å². The molecule has 1 atom stereocenters. The summed E-state index contributed by atoms with van der Waals surface area (Å²) in [6.07, 6.45) is 1.16. The van der Waals surface area contributed by atoms with Crippen LogP contribution in [0.1, 0.15) is 12.5 Å². The third-order valence-corrected chi connectivity index (χ3v) is 3.95. The van der Waals surface area contributed by atoms with E-state index >= 15 is 0 Å². The smallest absolute Gasteiger partial charge is 0.214 e. The molecule has 0 amide bonds. The second kappa shape index (κ2) is 8.32. The molecule has 0 aliphatic rings. The van der Waals surface area contributed by atoms with E-state index in [0.29, 0.717) is 0 Å². The number of hydrogen-bond donors (Lipinski definition) is 0. The SMILES string of the molecule is CCc1cc[pH+][c-]1-c1ccc[cH-]1.[Ti+2].c1cc[cH-]c1. The Balaban J connectivity index is 0.000000230. The first-order chi connectivity index (χ1) is 8.42. The molecule has 0 nitrogen and oxygen atoms in total. The summed E-state index contributed by atoms with van der Waals surface area (Å²) in [5.74, 6) is 2.28. The average Bonchev–Trinajstić information content (AvgIpc) is 3.12. The van der Waals surface area contributed by atoms with Crippen LogP contribution < -0.4 is 0 Å². The van der Waals surface area contributed by atoms with Crippen LogP contribution in [0.4, 0.5) is 0 Å². The van der Waals surface area contributed by atoms with E-state index in [0.717, 1.165) is 14.6 Å². The average molecular weight is 288 g/mol. The van der Waals surface area contributed by atoms with Gasteiger partial charge in [0.15, 0.2) is 0 Å². The van der Waals surface area contributed by atoms with Crippen molar-refractivity contribution in [2.75, 3.05) is 0 Å². The van der Waals surface area contributed by atoms with Gasteiger partial charge >= 0.3 is 21.7 Å². The molecular formula is C16H17PTi. The van der Waals surface area contributed by atoms with Gasteiger partial charge in [0.2, 0.25) is 0 Å². The van der Waals surface area contributed by atoms with Gasteiger partial charge in [0, 0.05) is 0 Å². The molecule has 18 heavy (non-hydrogen) atoms. The fourth-order valence-corrected chi connectivity index (χ4v) is 3.06. The molecule has 0 saturated heterocycles. The molecule has 1 unspecified atom stereocenters. The van der Waals surface area contributed by atoms with Crippen LogP contribution >= 0.6 is 8.19 Å². The third kappa shape index (κ3) is 4.14. The Morgan fingerprint density at radius 3 is 2.39 bits per heavy atom. The number of rotatable bonds is 2. The van der Waals surface area contributed by atoms with Crippen molar-refractivity contribution in [3.63, 3.8) is 0 Å². The Morgan fingerprint density at radius 2 is 1.89 bits per heavy atom. The molecule has 90 valence electrons. The van der Waals surface area contributed by atoms with Crippen LogP contribution in [0, 0.1) is 0 Å². The topological polar surface area (TPSA) is 0 Å². The molecule has 1 aromatic heterocycles. The molecule has 0 bridgehead atoms. The second-order valence-electron chi connectivity index (χ2n) is 3.87. The molecule has 3 aromatic rings. The van der Waals surface area contributed by atoms with Crippen LogP contribution in [0.15, 0.2) is 66.5 Å². The first-order valence-corrected chi connectivity index (χ1v) is 7.04. The van der Waals surface area contributed by atoms with Crippen LogP contribution in [0.2, 0.25) is 0 Å². The molecule has 2 aromatic carbocycles. The van der Waals surface area contributed by atoms with E-state index in [1.54, 1.807) is 5.30 Å². The largest absolute Gasteiger partial charge is 2.00 e. The Morgan fingerprint density at radius 1 is 1.11 bits per heavy atom. The number of hydrogen-bond acceptors (Lipinski definition) is 0. The molecular weight excluding hydrogens is 271 g/mol. The van der Waals surface area contributed by atoms with E-state index in [4.69, 9.17) is 0 Å². The maximum atomic E-state index is 2.28. The van der Waals surface area contributed by atoms with Gasteiger partial charge in [-0.05, 0) is 13.5 Å². The Kier molecular flexibility index (Phi) is 7.05. The van der Waals surface area contributed by atoms with E-state index in [1.807, 2.05) is 30.3 Å². The summed E-state index contributed by atoms with van der Waals surface area (Å²) in [7, 11) is 0.880. The summed E-state index contributed by atoms with van der Waals surface area (Å²) in [5, 5.41) is 1.54. The molecule has 0 aliphatic carbocycles. The standard InChI is InChI=1S/C11H12P.C5H5.Ti/c1-2-9-7-8-12-11(9)10-5-3-4-6-10;1-2-4-5-3-1;/h3-8,12H,2H2,1H3;1-5H;/q2*-1;+2. The molecule has 0 saturated carbocycles. The molecule has 1 heterocycles. The molecule has 0 N–H and O–H groups in total. The summed E-state index contributed by atoms with van der Waals surface area (Å²) in [6, 6.07) is 20.9. The summed E-state index contributed by atoms with van der Waals surface area (Å²) in [5.41, 5.74) is 2.93. The quantitative estimate of drug-likeness (QED) is 0.456. The Bertz CT molecular complexity index is 486. The maximum absolute atomic E-state index is 2.28. The second-order valence-corrected chi connectivity index (χ2v) is 4.99. The van der Waals surface area contributed by atoms with E-state index in [2.05, 4.69) is 43.1 Å². The predicted molar refractivity (Wildman–Crippen MR) is 78.4 cm³/mol. The van der Waals surface area contributed by atoms with Gasteiger partial charge in [-0.2, -0.15) is 42.0 Å². The number of aryl methyl sites for hydroxylation is 1. The Labute approximate surface area is 126 Å². The zero-order valence-corrected chi connectivity index (χ0v) is 13.1. The van der Waals surface area contributed by atoms with Crippen molar-refractivity contribution in [3.05, 3.63) is 72.0 Å². The van der Waals surface area contributed by atoms with E-state index in [9.17, 15) is 0 Å². The van der Waals surface area contributed by atoms with Crippen LogP contribution in [-0.2, 0) is 28.1 Å². The van der Waals surface area contributed by atoms with E-state index < -0.39 is 0 Å². The van der Waals surface area contributed by atoms with Crippen LogP contribution in [0.5, 0.6) is 0 Å². The van der Waals surface area contributed by atoms with Gasteiger partial charge in [0.05, 0.1) is 0 Å². The van der Waals surface area contributed by atoms with Crippen LogP contribution in [0.25, 0.3) is 10.9 Å². The van der Waals surface area contributed by atoms with E-state index in [1.165, 1.54) is 11.1 Å². The van der Waals surface area contributed by atoms with Crippen molar-refractivity contribution in [2.45, 2.75) is 13.3 Å².